The Morgan fingerprint density at radius 3 is 2.47 bits per heavy atom. The van der Waals surface area contributed by atoms with Crippen molar-refractivity contribution < 1.29 is 9.90 Å². The smallest absolute Gasteiger partial charge is 0.223 e. The van der Waals surface area contributed by atoms with Gasteiger partial charge in [-0.15, -0.1) is 0 Å². The van der Waals surface area contributed by atoms with Crippen LogP contribution in [0.15, 0.2) is 0 Å². The zero-order valence-electron chi connectivity index (χ0n) is 12.0. The van der Waals surface area contributed by atoms with Crippen molar-refractivity contribution in [3.8, 4) is 0 Å². The van der Waals surface area contributed by atoms with E-state index in [0.29, 0.717) is 11.8 Å². The third kappa shape index (κ3) is 2.81. The summed E-state index contributed by atoms with van der Waals surface area (Å²) in [6.45, 7) is 2.11. The fraction of sp³-hybridized carbons (Fsp3) is 0.938. The Bertz CT molecular complexity index is 347. The molecule has 0 unspecified atom stereocenters. The molecule has 0 radical (unpaired) electrons. The molecule has 19 heavy (non-hydrogen) atoms. The summed E-state index contributed by atoms with van der Waals surface area (Å²) in [5, 5.41) is 13.0. The van der Waals surface area contributed by atoms with Crippen molar-refractivity contribution in [2.75, 3.05) is 6.61 Å². The zero-order valence-corrected chi connectivity index (χ0v) is 12.0. The van der Waals surface area contributed by atoms with Crippen molar-refractivity contribution >= 4 is 5.91 Å². The van der Waals surface area contributed by atoms with Crippen LogP contribution >= 0.6 is 0 Å². The van der Waals surface area contributed by atoms with Gasteiger partial charge in [0, 0.05) is 5.92 Å². The second-order valence-electron chi connectivity index (χ2n) is 7.24. The highest BCUT2D eigenvalue weighted by molar-refractivity contribution is 5.82. The van der Waals surface area contributed by atoms with Crippen LogP contribution in [0.4, 0.5) is 0 Å². The number of aliphatic hydroxyl groups is 1. The predicted octanol–water partition coefficient (Wildman–Crippen LogP) is 2.48. The molecule has 3 fully saturated rings. The lowest BCUT2D eigenvalue weighted by Gasteiger charge is -2.39. The first-order chi connectivity index (χ1) is 9.14. The summed E-state index contributed by atoms with van der Waals surface area (Å²) in [6.07, 6.45) is 9.82. The van der Waals surface area contributed by atoms with Crippen LogP contribution in [0.5, 0.6) is 0 Å². The van der Waals surface area contributed by atoms with Crippen molar-refractivity contribution in [2.45, 2.75) is 63.8 Å². The third-order valence-corrected chi connectivity index (χ3v) is 5.65. The van der Waals surface area contributed by atoms with E-state index < -0.39 is 5.54 Å². The first-order valence-corrected chi connectivity index (χ1v) is 8.07. The first kappa shape index (κ1) is 13.4. The van der Waals surface area contributed by atoms with Gasteiger partial charge >= 0.3 is 0 Å². The fourth-order valence-electron chi connectivity index (χ4n) is 3.95. The minimum absolute atomic E-state index is 0.0736. The van der Waals surface area contributed by atoms with Crippen molar-refractivity contribution in [1.82, 2.24) is 5.32 Å². The standard InChI is InChI=1S/C16H27NO2/c1-16(10-18,12-5-3-2-4-6-12)17-15(19)14-9-13(14)11-7-8-11/h11-14,18H,2-10H2,1H3,(H,17,19)/t13-,14-,16+/m0/s1. The number of rotatable bonds is 5. The highest BCUT2D eigenvalue weighted by Crippen LogP contribution is 2.54. The molecule has 0 saturated heterocycles. The van der Waals surface area contributed by atoms with Crippen LogP contribution in [0.3, 0.4) is 0 Å². The second-order valence-corrected chi connectivity index (χ2v) is 7.24. The Hall–Kier alpha value is -0.570. The molecule has 3 atom stereocenters. The van der Waals surface area contributed by atoms with Gasteiger partial charge in [0.15, 0.2) is 0 Å². The van der Waals surface area contributed by atoms with Crippen LogP contribution in [0.25, 0.3) is 0 Å². The van der Waals surface area contributed by atoms with E-state index in [1.54, 1.807) is 0 Å². The van der Waals surface area contributed by atoms with Crippen LogP contribution in [0, 0.1) is 23.7 Å². The minimum Gasteiger partial charge on any atom is -0.394 e. The summed E-state index contributed by atoms with van der Waals surface area (Å²) in [5.41, 5.74) is -0.395. The molecule has 3 nitrogen and oxygen atoms in total. The number of amides is 1. The lowest BCUT2D eigenvalue weighted by atomic mass is 9.76. The van der Waals surface area contributed by atoms with Gasteiger partial charge < -0.3 is 10.4 Å². The fourth-order valence-corrected chi connectivity index (χ4v) is 3.95. The molecule has 1 amide bonds. The quantitative estimate of drug-likeness (QED) is 0.802. The first-order valence-electron chi connectivity index (χ1n) is 8.07. The summed E-state index contributed by atoms with van der Waals surface area (Å²) in [4.78, 5) is 12.3. The maximum absolute atomic E-state index is 12.3. The van der Waals surface area contributed by atoms with Gasteiger partial charge in [-0.1, -0.05) is 19.3 Å². The van der Waals surface area contributed by atoms with E-state index in [1.165, 1.54) is 32.1 Å². The monoisotopic (exact) mass is 265 g/mol. The van der Waals surface area contributed by atoms with E-state index >= 15 is 0 Å². The van der Waals surface area contributed by atoms with E-state index in [4.69, 9.17) is 0 Å². The Labute approximate surface area is 116 Å². The molecule has 0 spiro atoms. The summed E-state index contributed by atoms with van der Waals surface area (Å²) in [5.74, 6) is 2.41. The highest BCUT2D eigenvalue weighted by Gasteiger charge is 2.52. The Morgan fingerprint density at radius 1 is 1.21 bits per heavy atom. The van der Waals surface area contributed by atoms with Crippen molar-refractivity contribution in [3.63, 3.8) is 0 Å². The molecule has 108 valence electrons. The maximum atomic E-state index is 12.3. The molecule has 3 rings (SSSR count). The Balaban J connectivity index is 1.57. The molecule has 0 aliphatic heterocycles. The summed E-state index contributed by atoms with van der Waals surface area (Å²) < 4.78 is 0. The van der Waals surface area contributed by atoms with Gasteiger partial charge in [0.1, 0.15) is 0 Å². The lowest BCUT2D eigenvalue weighted by molar-refractivity contribution is -0.126. The van der Waals surface area contributed by atoms with Gasteiger partial charge in [-0.2, -0.15) is 0 Å². The van der Waals surface area contributed by atoms with E-state index in [0.717, 1.165) is 25.2 Å². The van der Waals surface area contributed by atoms with E-state index in [9.17, 15) is 9.90 Å². The van der Waals surface area contributed by atoms with Gasteiger partial charge in [0.05, 0.1) is 12.1 Å². The van der Waals surface area contributed by atoms with Crippen LogP contribution in [-0.4, -0.2) is 23.2 Å². The van der Waals surface area contributed by atoms with Gasteiger partial charge in [0.25, 0.3) is 0 Å². The molecular formula is C16H27NO2. The number of carbonyl (C=O) groups is 1. The molecule has 3 aliphatic rings. The SMILES string of the molecule is C[C@](CO)(NC(=O)[C@H]1C[C@H]1C1CC1)C1CCCCC1. The predicted molar refractivity (Wildman–Crippen MR) is 74.5 cm³/mol. The number of hydrogen-bond acceptors (Lipinski definition) is 2. The van der Waals surface area contributed by atoms with Crippen LogP contribution in [0.1, 0.15) is 58.3 Å². The minimum atomic E-state index is -0.395. The molecule has 0 bridgehead atoms. The Kier molecular flexibility index (Phi) is 3.59. The van der Waals surface area contributed by atoms with Gasteiger partial charge in [-0.25, -0.2) is 0 Å². The molecule has 0 heterocycles. The van der Waals surface area contributed by atoms with Gasteiger partial charge in [-0.3, -0.25) is 4.79 Å². The second kappa shape index (κ2) is 5.08. The number of nitrogens with one attached hydrogen (secondary N) is 1. The van der Waals surface area contributed by atoms with Crippen molar-refractivity contribution in [1.29, 1.82) is 0 Å². The molecule has 3 aliphatic carbocycles. The zero-order chi connectivity index (χ0) is 13.5. The molecular weight excluding hydrogens is 238 g/mol. The van der Waals surface area contributed by atoms with Crippen LogP contribution < -0.4 is 5.32 Å². The van der Waals surface area contributed by atoms with E-state index in [1.807, 2.05) is 6.92 Å². The molecule has 0 aromatic rings. The molecule has 0 aromatic carbocycles. The summed E-state index contributed by atoms with van der Waals surface area (Å²) in [7, 11) is 0. The number of carbonyl (C=O) groups excluding carboxylic acids is 1. The third-order valence-electron chi connectivity index (χ3n) is 5.65. The number of hydrogen-bond donors (Lipinski definition) is 2. The van der Waals surface area contributed by atoms with Crippen molar-refractivity contribution in [2.24, 2.45) is 23.7 Å². The summed E-state index contributed by atoms with van der Waals surface area (Å²) in [6, 6.07) is 0. The molecule has 3 saturated carbocycles. The Morgan fingerprint density at radius 2 is 1.89 bits per heavy atom. The maximum Gasteiger partial charge on any atom is 0.223 e. The average molecular weight is 265 g/mol. The van der Waals surface area contributed by atoms with Gasteiger partial charge in [0.2, 0.25) is 5.91 Å². The molecule has 0 aromatic heterocycles. The van der Waals surface area contributed by atoms with Crippen LogP contribution in [0.2, 0.25) is 0 Å². The summed E-state index contributed by atoms with van der Waals surface area (Å²) >= 11 is 0. The van der Waals surface area contributed by atoms with Gasteiger partial charge in [-0.05, 0) is 56.8 Å². The van der Waals surface area contributed by atoms with Crippen molar-refractivity contribution in [3.05, 3.63) is 0 Å². The highest BCUT2D eigenvalue weighted by atomic mass is 16.3. The topological polar surface area (TPSA) is 49.3 Å². The largest absolute Gasteiger partial charge is 0.394 e. The lowest BCUT2D eigenvalue weighted by Crippen LogP contribution is -2.55. The van der Waals surface area contributed by atoms with E-state index in [2.05, 4.69) is 5.32 Å². The average Bonchev–Trinajstić information content (AvgIpc) is 3.30. The molecule has 3 heteroatoms. The van der Waals surface area contributed by atoms with E-state index in [-0.39, 0.29) is 18.4 Å². The van der Waals surface area contributed by atoms with Crippen LogP contribution in [-0.2, 0) is 4.79 Å². The normalized spacial score (nSPS) is 34.6. The number of aliphatic hydroxyl groups excluding tert-OH is 1. The molecule has 2 N–H and O–H groups in total.